The quantitative estimate of drug-likeness (QED) is 0.713. The highest BCUT2D eigenvalue weighted by atomic mass is 19.1. The molecule has 1 fully saturated rings. The molecule has 1 aromatic rings. The van der Waals surface area contributed by atoms with Crippen molar-refractivity contribution < 1.29 is 13.9 Å². The summed E-state index contributed by atoms with van der Waals surface area (Å²) in [6, 6.07) is 6.10. The summed E-state index contributed by atoms with van der Waals surface area (Å²) < 4.78 is 17.9. The van der Waals surface area contributed by atoms with Crippen molar-refractivity contribution in [3.8, 4) is 0 Å². The molecule has 80 valence electrons. The maximum atomic E-state index is 12.8. The van der Waals surface area contributed by atoms with E-state index in [0.717, 1.165) is 6.42 Å². The number of hydrogen-bond donors (Lipinski definition) is 0. The third-order valence-corrected chi connectivity index (χ3v) is 2.68. The molecule has 2 rings (SSSR count). The third kappa shape index (κ3) is 2.55. The van der Waals surface area contributed by atoms with Crippen LogP contribution in [0.25, 0.3) is 0 Å². The molecule has 1 aliphatic carbocycles. The van der Waals surface area contributed by atoms with Crippen molar-refractivity contribution in [2.24, 2.45) is 11.8 Å². The minimum Gasteiger partial charge on any atom is -0.461 e. The molecule has 0 bridgehead atoms. The van der Waals surface area contributed by atoms with Gasteiger partial charge in [0.25, 0.3) is 0 Å². The molecule has 0 radical (unpaired) electrons. The molecule has 2 atom stereocenters. The molecule has 0 spiro atoms. The van der Waals surface area contributed by atoms with Crippen LogP contribution in [0.15, 0.2) is 24.3 Å². The van der Waals surface area contributed by atoms with E-state index in [1.54, 1.807) is 12.1 Å². The smallest absolute Gasteiger partial charge is 0.309 e. The first-order chi connectivity index (χ1) is 7.16. The predicted octanol–water partition coefficient (Wildman–Crippen LogP) is 2.52. The summed E-state index contributed by atoms with van der Waals surface area (Å²) in [4.78, 5) is 11.4. The average Bonchev–Trinajstić information content (AvgIpc) is 2.92. The van der Waals surface area contributed by atoms with Crippen LogP contribution >= 0.6 is 0 Å². The summed E-state index contributed by atoms with van der Waals surface area (Å²) in [6.07, 6.45) is 0.919. The van der Waals surface area contributed by atoms with Crippen LogP contribution in [0, 0.1) is 17.7 Å². The van der Waals surface area contributed by atoms with E-state index in [1.165, 1.54) is 12.1 Å². The summed E-state index contributed by atoms with van der Waals surface area (Å²) in [5.41, 5.74) is 0.691. The SMILES string of the molecule is CC1CC1C(=O)OCc1cccc(F)c1. The van der Waals surface area contributed by atoms with Gasteiger partial charge in [-0.05, 0) is 30.0 Å². The molecule has 2 unspecified atom stereocenters. The molecule has 0 amide bonds. The second-order valence-corrected chi connectivity index (χ2v) is 4.06. The van der Waals surface area contributed by atoms with Crippen LogP contribution < -0.4 is 0 Å². The minimum atomic E-state index is -0.302. The van der Waals surface area contributed by atoms with Crippen LogP contribution in [-0.4, -0.2) is 5.97 Å². The Labute approximate surface area is 88.1 Å². The van der Waals surface area contributed by atoms with Gasteiger partial charge >= 0.3 is 5.97 Å². The van der Waals surface area contributed by atoms with Gasteiger partial charge in [0.2, 0.25) is 0 Å². The molecule has 3 heteroatoms. The van der Waals surface area contributed by atoms with Crippen molar-refractivity contribution in [2.45, 2.75) is 20.0 Å². The number of ether oxygens (including phenoxy) is 1. The Bertz CT molecular complexity index is 376. The van der Waals surface area contributed by atoms with E-state index in [0.29, 0.717) is 11.5 Å². The van der Waals surface area contributed by atoms with Crippen LogP contribution in [0.4, 0.5) is 4.39 Å². The highest BCUT2D eigenvalue weighted by Gasteiger charge is 2.40. The van der Waals surface area contributed by atoms with Gasteiger partial charge < -0.3 is 4.74 Å². The second kappa shape index (κ2) is 4.01. The fourth-order valence-corrected chi connectivity index (χ4v) is 1.54. The van der Waals surface area contributed by atoms with Gasteiger partial charge in [0.1, 0.15) is 12.4 Å². The van der Waals surface area contributed by atoms with Gasteiger partial charge in [-0.3, -0.25) is 4.79 Å². The first-order valence-electron chi connectivity index (χ1n) is 5.08. The number of hydrogen-bond acceptors (Lipinski definition) is 2. The zero-order valence-electron chi connectivity index (χ0n) is 8.57. The minimum absolute atomic E-state index is 0.0681. The topological polar surface area (TPSA) is 26.3 Å². The predicted molar refractivity (Wildman–Crippen MR) is 53.5 cm³/mol. The molecular weight excluding hydrogens is 195 g/mol. The fraction of sp³-hybridized carbons (Fsp3) is 0.417. The lowest BCUT2D eigenvalue weighted by molar-refractivity contribution is -0.146. The number of halogens is 1. The van der Waals surface area contributed by atoms with E-state index in [9.17, 15) is 9.18 Å². The molecule has 2 nitrogen and oxygen atoms in total. The summed E-state index contributed by atoms with van der Waals surface area (Å²) in [7, 11) is 0. The normalized spacial score (nSPS) is 23.6. The van der Waals surface area contributed by atoms with Gasteiger partial charge in [-0.15, -0.1) is 0 Å². The standard InChI is InChI=1S/C12H13FO2/c1-8-5-11(8)12(14)15-7-9-3-2-4-10(13)6-9/h2-4,6,8,11H,5,7H2,1H3. The van der Waals surface area contributed by atoms with Gasteiger partial charge in [0.05, 0.1) is 5.92 Å². The van der Waals surface area contributed by atoms with Crippen molar-refractivity contribution in [1.29, 1.82) is 0 Å². The summed E-state index contributed by atoms with van der Waals surface area (Å²) >= 11 is 0. The van der Waals surface area contributed by atoms with E-state index in [2.05, 4.69) is 0 Å². The lowest BCUT2D eigenvalue weighted by Gasteiger charge is -2.03. The van der Waals surface area contributed by atoms with Gasteiger partial charge in [0, 0.05) is 0 Å². The van der Waals surface area contributed by atoms with E-state index in [1.807, 2.05) is 6.92 Å². The zero-order chi connectivity index (χ0) is 10.8. The Balaban J connectivity index is 1.85. The van der Waals surface area contributed by atoms with Crippen LogP contribution in [-0.2, 0) is 16.1 Å². The summed E-state index contributed by atoms with van der Waals surface area (Å²) in [5.74, 6) is 0.0543. The first-order valence-corrected chi connectivity index (χ1v) is 5.08. The van der Waals surface area contributed by atoms with E-state index < -0.39 is 0 Å². The molecule has 0 heterocycles. The molecule has 1 aliphatic rings. The Kier molecular flexibility index (Phi) is 2.71. The third-order valence-electron chi connectivity index (χ3n) is 2.68. The van der Waals surface area contributed by atoms with Gasteiger partial charge in [-0.1, -0.05) is 19.1 Å². The van der Waals surface area contributed by atoms with Crippen LogP contribution in [0.1, 0.15) is 18.9 Å². The Hall–Kier alpha value is -1.38. The highest BCUT2D eigenvalue weighted by molar-refractivity contribution is 5.75. The van der Waals surface area contributed by atoms with Crippen molar-refractivity contribution in [3.63, 3.8) is 0 Å². The number of benzene rings is 1. The van der Waals surface area contributed by atoms with E-state index in [4.69, 9.17) is 4.74 Å². The van der Waals surface area contributed by atoms with Crippen LogP contribution in [0.2, 0.25) is 0 Å². The molecule has 0 aliphatic heterocycles. The van der Waals surface area contributed by atoms with E-state index in [-0.39, 0.29) is 24.3 Å². The summed E-state index contributed by atoms with van der Waals surface area (Å²) in [6.45, 7) is 2.19. The van der Waals surface area contributed by atoms with Crippen molar-refractivity contribution in [2.75, 3.05) is 0 Å². The zero-order valence-corrected chi connectivity index (χ0v) is 8.57. The van der Waals surface area contributed by atoms with Crippen LogP contribution in [0.5, 0.6) is 0 Å². The molecule has 0 aromatic heterocycles. The number of esters is 1. The molecule has 0 N–H and O–H groups in total. The van der Waals surface area contributed by atoms with E-state index >= 15 is 0 Å². The summed E-state index contributed by atoms with van der Waals surface area (Å²) in [5, 5.41) is 0. The molecule has 0 saturated heterocycles. The lowest BCUT2D eigenvalue weighted by atomic mass is 10.2. The molecular formula is C12H13FO2. The van der Waals surface area contributed by atoms with Crippen molar-refractivity contribution in [3.05, 3.63) is 35.6 Å². The van der Waals surface area contributed by atoms with Gasteiger partial charge in [-0.25, -0.2) is 4.39 Å². The Morgan fingerprint density at radius 1 is 1.60 bits per heavy atom. The second-order valence-electron chi connectivity index (χ2n) is 4.06. The van der Waals surface area contributed by atoms with Crippen molar-refractivity contribution >= 4 is 5.97 Å². The van der Waals surface area contributed by atoms with Crippen LogP contribution in [0.3, 0.4) is 0 Å². The van der Waals surface area contributed by atoms with Gasteiger partial charge in [-0.2, -0.15) is 0 Å². The average molecular weight is 208 g/mol. The maximum absolute atomic E-state index is 12.8. The van der Waals surface area contributed by atoms with Crippen molar-refractivity contribution in [1.82, 2.24) is 0 Å². The molecule has 1 aromatic carbocycles. The number of carbonyl (C=O) groups excluding carboxylic acids is 1. The lowest BCUT2D eigenvalue weighted by Crippen LogP contribution is -2.07. The number of carbonyl (C=O) groups is 1. The number of rotatable bonds is 3. The first kappa shape index (κ1) is 10.1. The molecule has 1 saturated carbocycles. The highest BCUT2D eigenvalue weighted by Crippen LogP contribution is 2.38. The Morgan fingerprint density at radius 3 is 2.93 bits per heavy atom. The molecule has 15 heavy (non-hydrogen) atoms. The van der Waals surface area contributed by atoms with Gasteiger partial charge in [0.15, 0.2) is 0 Å². The Morgan fingerprint density at radius 2 is 2.33 bits per heavy atom. The monoisotopic (exact) mass is 208 g/mol. The fourth-order valence-electron chi connectivity index (χ4n) is 1.54. The largest absolute Gasteiger partial charge is 0.461 e. The maximum Gasteiger partial charge on any atom is 0.309 e.